The van der Waals surface area contributed by atoms with E-state index in [4.69, 9.17) is 5.73 Å². The third kappa shape index (κ3) is 4.45. The molecule has 158 valence electrons. The third-order valence-electron chi connectivity index (χ3n) is 5.23. The highest BCUT2D eigenvalue weighted by atomic mass is 16.2. The van der Waals surface area contributed by atoms with Crippen molar-refractivity contribution in [1.82, 2.24) is 25.6 Å². The molecule has 0 saturated heterocycles. The van der Waals surface area contributed by atoms with Crippen LogP contribution in [0.4, 0.5) is 16.4 Å². The van der Waals surface area contributed by atoms with Gasteiger partial charge in [-0.1, -0.05) is 5.57 Å². The first-order valence-electron chi connectivity index (χ1n) is 9.89. The second-order valence-electron chi connectivity index (χ2n) is 7.49. The predicted molar refractivity (Wildman–Crippen MR) is 119 cm³/mol. The van der Waals surface area contributed by atoms with Crippen molar-refractivity contribution in [1.29, 1.82) is 0 Å². The molecule has 3 heterocycles. The van der Waals surface area contributed by atoms with Crippen LogP contribution in [0, 0.1) is 6.92 Å². The van der Waals surface area contributed by atoms with Crippen molar-refractivity contribution < 1.29 is 9.59 Å². The van der Waals surface area contributed by atoms with Gasteiger partial charge in [0.15, 0.2) is 0 Å². The summed E-state index contributed by atoms with van der Waals surface area (Å²) >= 11 is 0. The number of nitrogen functional groups attached to an aromatic ring is 1. The van der Waals surface area contributed by atoms with Crippen molar-refractivity contribution in [3.63, 3.8) is 0 Å². The summed E-state index contributed by atoms with van der Waals surface area (Å²) in [5.74, 6) is 0.533. The summed E-state index contributed by atoms with van der Waals surface area (Å²) in [5, 5.41) is 9.65. The Morgan fingerprint density at radius 1 is 1.23 bits per heavy atom. The average Bonchev–Trinajstić information content (AvgIpc) is 2.72. The maximum absolute atomic E-state index is 12.4. The third-order valence-corrected chi connectivity index (χ3v) is 5.23. The van der Waals surface area contributed by atoms with Gasteiger partial charge in [0, 0.05) is 48.7 Å². The Morgan fingerprint density at radius 3 is 2.77 bits per heavy atom. The first-order chi connectivity index (χ1) is 14.9. The smallest absolute Gasteiger partial charge is 0.314 e. The van der Waals surface area contributed by atoms with Crippen LogP contribution in [0.15, 0.2) is 48.4 Å². The fourth-order valence-electron chi connectivity index (χ4n) is 3.51. The van der Waals surface area contributed by atoms with Gasteiger partial charge in [0.2, 0.25) is 5.91 Å². The van der Waals surface area contributed by atoms with Crippen LogP contribution in [0.1, 0.15) is 18.4 Å². The maximum atomic E-state index is 12.4. The van der Waals surface area contributed by atoms with E-state index in [1.807, 2.05) is 19.1 Å². The molecule has 3 aromatic heterocycles. The average molecular weight is 417 g/mol. The summed E-state index contributed by atoms with van der Waals surface area (Å²) < 4.78 is 0. The van der Waals surface area contributed by atoms with Gasteiger partial charge in [0.1, 0.15) is 11.6 Å². The highest BCUT2D eigenvalue weighted by Crippen LogP contribution is 2.29. The monoisotopic (exact) mass is 417 g/mol. The highest BCUT2D eigenvalue weighted by Gasteiger charge is 2.25. The minimum Gasteiger partial charge on any atom is -0.383 e. The van der Waals surface area contributed by atoms with Crippen molar-refractivity contribution in [2.24, 2.45) is 0 Å². The van der Waals surface area contributed by atoms with Gasteiger partial charge in [-0.05, 0) is 48.9 Å². The standard InChI is InChI=1S/C22H23N7O2/c1-12-3-4-25-10-16(12)18-8-14-9-19(26-11-17(14)21(23)28-18)29-20(30)7-13-5-15(6-13)27-22(31)24-2/h3-4,7-11,15H,5-6H2,1-2H3,(H2,23,28)(H2,24,27,31)(H,26,29,30). The number of hydrogen-bond donors (Lipinski definition) is 4. The van der Waals surface area contributed by atoms with E-state index >= 15 is 0 Å². The van der Waals surface area contributed by atoms with Crippen LogP contribution in [0.25, 0.3) is 22.0 Å². The number of amides is 3. The number of aromatic nitrogens is 3. The van der Waals surface area contributed by atoms with Gasteiger partial charge >= 0.3 is 6.03 Å². The molecule has 0 aliphatic heterocycles. The van der Waals surface area contributed by atoms with E-state index in [0.29, 0.717) is 35.6 Å². The topological polar surface area (TPSA) is 135 Å². The zero-order valence-corrected chi connectivity index (χ0v) is 17.3. The number of hydrogen-bond acceptors (Lipinski definition) is 6. The number of pyridine rings is 3. The van der Waals surface area contributed by atoms with Crippen LogP contribution in [-0.4, -0.2) is 40.0 Å². The SMILES string of the molecule is CNC(=O)NC1CC(=CC(=O)Nc2cc3cc(-c4cnccc4C)nc(N)c3cn2)C1. The number of fused-ring (bicyclic) bond motifs is 1. The lowest BCUT2D eigenvalue weighted by Crippen LogP contribution is -2.45. The maximum Gasteiger partial charge on any atom is 0.314 e. The molecule has 5 N–H and O–H groups in total. The molecule has 1 aliphatic rings. The van der Waals surface area contributed by atoms with E-state index in [2.05, 4.69) is 30.9 Å². The predicted octanol–water partition coefficient (Wildman–Crippen LogP) is 2.54. The van der Waals surface area contributed by atoms with Gasteiger partial charge < -0.3 is 21.7 Å². The van der Waals surface area contributed by atoms with Crippen molar-refractivity contribution in [3.05, 3.63) is 54.0 Å². The van der Waals surface area contributed by atoms with E-state index in [1.165, 1.54) is 0 Å². The van der Waals surface area contributed by atoms with E-state index in [0.717, 1.165) is 22.1 Å². The molecule has 31 heavy (non-hydrogen) atoms. The van der Waals surface area contributed by atoms with Gasteiger partial charge in [-0.15, -0.1) is 0 Å². The molecule has 3 amide bonds. The number of rotatable bonds is 4. The zero-order valence-electron chi connectivity index (χ0n) is 17.3. The largest absolute Gasteiger partial charge is 0.383 e. The number of nitrogens with zero attached hydrogens (tertiary/aromatic N) is 3. The van der Waals surface area contributed by atoms with Gasteiger partial charge in [-0.3, -0.25) is 9.78 Å². The van der Waals surface area contributed by atoms with Crippen molar-refractivity contribution in [3.8, 4) is 11.3 Å². The Kier molecular flexibility index (Phi) is 5.48. The zero-order chi connectivity index (χ0) is 22.0. The van der Waals surface area contributed by atoms with Crippen LogP contribution in [0.2, 0.25) is 0 Å². The number of aryl methyl sites for hydroxylation is 1. The summed E-state index contributed by atoms with van der Waals surface area (Å²) in [5.41, 5.74) is 9.77. The number of anilines is 2. The molecule has 0 atom stereocenters. The molecule has 1 fully saturated rings. The molecule has 1 aliphatic carbocycles. The van der Waals surface area contributed by atoms with Crippen LogP contribution in [0.5, 0.6) is 0 Å². The Labute approximate surface area is 179 Å². The summed E-state index contributed by atoms with van der Waals surface area (Å²) in [6.45, 7) is 1.99. The molecule has 0 spiro atoms. The fourth-order valence-corrected chi connectivity index (χ4v) is 3.51. The van der Waals surface area contributed by atoms with Crippen LogP contribution < -0.4 is 21.7 Å². The van der Waals surface area contributed by atoms with E-state index in [1.54, 1.807) is 37.8 Å². The molecule has 9 nitrogen and oxygen atoms in total. The second-order valence-corrected chi connectivity index (χ2v) is 7.49. The lowest BCUT2D eigenvalue weighted by Gasteiger charge is -2.29. The summed E-state index contributed by atoms with van der Waals surface area (Å²) in [6, 6.07) is 5.44. The molecule has 0 unspecified atom stereocenters. The van der Waals surface area contributed by atoms with Crippen LogP contribution in [0.3, 0.4) is 0 Å². The van der Waals surface area contributed by atoms with Gasteiger partial charge in [-0.2, -0.15) is 0 Å². The molecule has 0 aromatic carbocycles. The van der Waals surface area contributed by atoms with Crippen molar-refractivity contribution in [2.45, 2.75) is 25.8 Å². The molecule has 3 aromatic rings. The quantitative estimate of drug-likeness (QED) is 0.482. The Balaban J connectivity index is 1.50. The number of carbonyl (C=O) groups excluding carboxylic acids is 2. The molecular formula is C22H23N7O2. The first kappa shape index (κ1) is 20.3. The molecule has 9 heteroatoms. The van der Waals surface area contributed by atoms with Crippen LogP contribution in [-0.2, 0) is 4.79 Å². The number of nitrogens with two attached hydrogens (primary N) is 1. The Morgan fingerprint density at radius 2 is 2.03 bits per heavy atom. The lowest BCUT2D eigenvalue weighted by atomic mass is 9.86. The van der Waals surface area contributed by atoms with E-state index < -0.39 is 0 Å². The van der Waals surface area contributed by atoms with Gasteiger partial charge in [0.05, 0.1) is 5.69 Å². The lowest BCUT2D eigenvalue weighted by molar-refractivity contribution is -0.112. The molecular weight excluding hydrogens is 394 g/mol. The summed E-state index contributed by atoms with van der Waals surface area (Å²) in [4.78, 5) is 36.6. The van der Waals surface area contributed by atoms with Crippen molar-refractivity contribution in [2.75, 3.05) is 18.1 Å². The number of urea groups is 1. The minimum absolute atomic E-state index is 0.0580. The number of carbonyl (C=O) groups is 2. The number of nitrogens with one attached hydrogen (secondary N) is 3. The highest BCUT2D eigenvalue weighted by molar-refractivity contribution is 6.01. The molecule has 0 radical (unpaired) electrons. The summed E-state index contributed by atoms with van der Waals surface area (Å²) in [6.07, 6.45) is 7.95. The van der Waals surface area contributed by atoms with E-state index in [9.17, 15) is 9.59 Å². The first-order valence-corrected chi connectivity index (χ1v) is 9.89. The normalized spacial score (nSPS) is 15.2. The molecule has 0 bridgehead atoms. The Hall–Kier alpha value is -4.01. The van der Waals surface area contributed by atoms with Crippen LogP contribution >= 0.6 is 0 Å². The fraction of sp³-hybridized carbons (Fsp3) is 0.227. The molecule has 1 saturated carbocycles. The molecule has 4 rings (SSSR count). The second kappa shape index (κ2) is 8.39. The van der Waals surface area contributed by atoms with E-state index in [-0.39, 0.29) is 18.0 Å². The van der Waals surface area contributed by atoms with Crippen molar-refractivity contribution >= 4 is 34.3 Å². The summed E-state index contributed by atoms with van der Waals surface area (Å²) in [7, 11) is 1.57. The van der Waals surface area contributed by atoms with Gasteiger partial charge in [0.25, 0.3) is 0 Å². The van der Waals surface area contributed by atoms with Gasteiger partial charge in [-0.25, -0.2) is 14.8 Å². The Bertz CT molecular complexity index is 1200. The minimum atomic E-state index is -0.259.